The molecule has 0 amide bonds. The summed E-state index contributed by atoms with van der Waals surface area (Å²) < 4.78 is 20.9. The molecule has 1 aromatic rings. The van der Waals surface area contributed by atoms with Gasteiger partial charge in [0.05, 0.1) is 12.7 Å². The zero-order valence-electron chi connectivity index (χ0n) is 11.1. The van der Waals surface area contributed by atoms with E-state index in [0.29, 0.717) is 17.1 Å². The molecule has 1 aliphatic rings. The first-order chi connectivity index (χ1) is 9.00. The lowest BCUT2D eigenvalue weighted by Gasteiger charge is -2.18. The van der Waals surface area contributed by atoms with Crippen LogP contribution in [0.4, 0.5) is 0 Å². The van der Waals surface area contributed by atoms with Crippen molar-refractivity contribution in [2.45, 2.75) is 19.6 Å². The van der Waals surface area contributed by atoms with E-state index >= 15 is 0 Å². The number of carbonyl (C=O) groups is 1. The number of rotatable bonds is 4. The van der Waals surface area contributed by atoms with Crippen LogP contribution in [0.2, 0.25) is 0 Å². The number of hydrogen-bond donors (Lipinski definition) is 0. The predicted molar refractivity (Wildman–Crippen MR) is 67.6 cm³/mol. The quantitative estimate of drug-likeness (QED) is 0.782. The highest BCUT2D eigenvalue weighted by Crippen LogP contribution is 2.24. The molecule has 0 unspecified atom stereocenters. The average Bonchev–Trinajstić information content (AvgIpc) is 2.76. The predicted octanol–water partition coefficient (Wildman–Crippen LogP) is 2.48. The van der Waals surface area contributed by atoms with Crippen LogP contribution in [0.15, 0.2) is 36.3 Å². The van der Waals surface area contributed by atoms with E-state index in [0.717, 1.165) is 0 Å². The summed E-state index contributed by atoms with van der Waals surface area (Å²) in [6.45, 7) is 3.92. The third-order valence-electron chi connectivity index (χ3n) is 2.51. The first kappa shape index (κ1) is 13.3. The number of esters is 1. The summed E-state index contributed by atoms with van der Waals surface area (Å²) in [5.74, 6) is 0.264. The SMILES string of the molecule is COC(=O)c1ccc(OCC2=COC(C)(C)O2)cc1. The van der Waals surface area contributed by atoms with E-state index in [1.165, 1.54) is 7.11 Å². The molecule has 0 aliphatic carbocycles. The van der Waals surface area contributed by atoms with Gasteiger partial charge < -0.3 is 18.9 Å². The average molecular weight is 264 g/mol. The van der Waals surface area contributed by atoms with E-state index < -0.39 is 5.79 Å². The molecule has 0 N–H and O–H groups in total. The molecule has 0 spiro atoms. The third-order valence-corrected chi connectivity index (χ3v) is 2.51. The molecular weight excluding hydrogens is 248 g/mol. The Labute approximate surface area is 111 Å². The van der Waals surface area contributed by atoms with Gasteiger partial charge in [0.1, 0.15) is 18.6 Å². The van der Waals surface area contributed by atoms with Gasteiger partial charge in [-0.2, -0.15) is 0 Å². The van der Waals surface area contributed by atoms with Crippen molar-refractivity contribution in [2.75, 3.05) is 13.7 Å². The van der Waals surface area contributed by atoms with Crippen LogP contribution in [0.1, 0.15) is 24.2 Å². The lowest BCUT2D eigenvalue weighted by Crippen LogP contribution is -2.21. The molecule has 5 nitrogen and oxygen atoms in total. The maximum atomic E-state index is 11.3. The maximum Gasteiger partial charge on any atom is 0.337 e. The number of benzene rings is 1. The fourth-order valence-electron chi connectivity index (χ4n) is 1.59. The first-order valence-electron chi connectivity index (χ1n) is 5.87. The zero-order chi connectivity index (χ0) is 13.9. The van der Waals surface area contributed by atoms with Gasteiger partial charge in [0.2, 0.25) is 5.79 Å². The van der Waals surface area contributed by atoms with Crippen molar-refractivity contribution in [2.24, 2.45) is 0 Å². The van der Waals surface area contributed by atoms with E-state index in [2.05, 4.69) is 4.74 Å². The molecule has 1 aromatic carbocycles. The molecule has 5 heteroatoms. The molecule has 2 rings (SSSR count). The minimum atomic E-state index is -0.632. The van der Waals surface area contributed by atoms with Crippen LogP contribution in [0.25, 0.3) is 0 Å². The zero-order valence-corrected chi connectivity index (χ0v) is 11.1. The second-order valence-electron chi connectivity index (χ2n) is 4.51. The van der Waals surface area contributed by atoms with Gasteiger partial charge in [-0.05, 0) is 24.3 Å². The van der Waals surface area contributed by atoms with Crippen molar-refractivity contribution in [3.8, 4) is 5.75 Å². The Kier molecular flexibility index (Phi) is 3.64. The molecule has 102 valence electrons. The van der Waals surface area contributed by atoms with E-state index in [-0.39, 0.29) is 12.6 Å². The highest BCUT2D eigenvalue weighted by molar-refractivity contribution is 5.89. The summed E-state index contributed by atoms with van der Waals surface area (Å²) in [7, 11) is 1.35. The Morgan fingerprint density at radius 2 is 1.95 bits per heavy atom. The van der Waals surface area contributed by atoms with Gasteiger partial charge in [0.15, 0.2) is 5.76 Å². The fourth-order valence-corrected chi connectivity index (χ4v) is 1.59. The molecule has 1 aliphatic heterocycles. The molecule has 1 heterocycles. The van der Waals surface area contributed by atoms with Crippen molar-refractivity contribution >= 4 is 5.97 Å². The number of carbonyl (C=O) groups excluding carboxylic acids is 1. The molecule has 19 heavy (non-hydrogen) atoms. The summed E-state index contributed by atoms with van der Waals surface area (Å²) in [4.78, 5) is 11.3. The van der Waals surface area contributed by atoms with Crippen LogP contribution in [0.5, 0.6) is 5.75 Å². The lowest BCUT2D eigenvalue weighted by atomic mass is 10.2. The minimum Gasteiger partial charge on any atom is -0.486 e. The van der Waals surface area contributed by atoms with Gasteiger partial charge in [-0.1, -0.05) is 0 Å². The van der Waals surface area contributed by atoms with Crippen molar-refractivity contribution in [1.82, 2.24) is 0 Å². The summed E-state index contributed by atoms with van der Waals surface area (Å²) in [6, 6.07) is 6.69. The second-order valence-corrected chi connectivity index (χ2v) is 4.51. The molecule has 0 saturated carbocycles. The smallest absolute Gasteiger partial charge is 0.337 e. The molecule has 0 saturated heterocycles. The van der Waals surface area contributed by atoms with E-state index in [9.17, 15) is 4.79 Å². The van der Waals surface area contributed by atoms with Gasteiger partial charge in [0.25, 0.3) is 0 Å². The Bertz CT molecular complexity index is 487. The Morgan fingerprint density at radius 3 is 2.47 bits per heavy atom. The van der Waals surface area contributed by atoms with Crippen LogP contribution in [0.3, 0.4) is 0 Å². The second kappa shape index (κ2) is 5.22. The van der Waals surface area contributed by atoms with Crippen molar-refractivity contribution in [3.63, 3.8) is 0 Å². The molecule has 0 radical (unpaired) electrons. The summed E-state index contributed by atoms with van der Waals surface area (Å²) in [5.41, 5.74) is 0.482. The van der Waals surface area contributed by atoms with Gasteiger partial charge in [0, 0.05) is 13.8 Å². The standard InChI is InChI=1S/C14H16O5/c1-14(2)18-9-12(19-14)8-17-11-6-4-10(5-7-11)13(15)16-3/h4-7,9H,8H2,1-3H3. The lowest BCUT2D eigenvalue weighted by molar-refractivity contribution is -0.119. The van der Waals surface area contributed by atoms with Crippen molar-refractivity contribution in [3.05, 3.63) is 41.9 Å². The Balaban J connectivity index is 1.89. The molecular formula is C14H16O5. The van der Waals surface area contributed by atoms with E-state index in [4.69, 9.17) is 14.2 Å². The van der Waals surface area contributed by atoms with Gasteiger partial charge >= 0.3 is 5.97 Å². The summed E-state index contributed by atoms with van der Waals surface area (Å²) in [5, 5.41) is 0. The molecule has 0 fully saturated rings. The van der Waals surface area contributed by atoms with Crippen LogP contribution in [-0.4, -0.2) is 25.5 Å². The van der Waals surface area contributed by atoms with Crippen LogP contribution < -0.4 is 4.74 Å². The maximum absolute atomic E-state index is 11.3. The van der Waals surface area contributed by atoms with Crippen LogP contribution >= 0.6 is 0 Å². The molecule has 0 atom stereocenters. The van der Waals surface area contributed by atoms with Gasteiger partial charge in [-0.15, -0.1) is 0 Å². The molecule has 0 bridgehead atoms. The van der Waals surface area contributed by atoms with E-state index in [1.54, 1.807) is 30.5 Å². The van der Waals surface area contributed by atoms with E-state index in [1.807, 2.05) is 13.8 Å². The van der Waals surface area contributed by atoms with Crippen molar-refractivity contribution < 1.29 is 23.7 Å². The highest BCUT2D eigenvalue weighted by atomic mass is 16.7. The van der Waals surface area contributed by atoms with Crippen LogP contribution in [-0.2, 0) is 14.2 Å². The largest absolute Gasteiger partial charge is 0.486 e. The number of ether oxygens (including phenoxy) is 4. The summed E-state index contributed by atoms with van der Waals surface area (Å²) >= 11 is 0. The normalized spacial score (nSPS) is 16.1. The summed E-state index contributed by atoms with van der Waals surface area (Å²) in [6.07, 6.45) is 1.54. The van der Waals surface area contributed by atoms with Gasteiger partial charge in [-0.25, -0.2) is 4.79 Å². The Morgan fingerprint density at radius 1 is 1.26 bits per heavy atom. The third kappa shape index (κ3) is 3.40. The first-order valence-corrected chi connectivity index (χ1v) is 5.87. The highest BCUT2D eigenvalue weighted by Gasteiger charge is 2.27. The van der Waals surface area contributed by atoms with Crippen LogP contribution in [0, 0.1) is 0 Å². The fraction of sp³-hybridized carbons (Fsp3) is 0.357. The number of hydrogen-bond acceptors (Lipinski definition) is 5. The van der Waals surface area contributed by atoms with Gasteiger partial charge in [-0.3, -0.25) is 0 Å². The van der Waals surface area contributed by atoms with Crippen molar-refractivity contribution in [1.29, 1.82) is 0 Å². The topological polar surface area (TPSA) is 54.0 Å². The Hall–Kier alpha value is -2.17. The molecule has 0 aromatic heterocycles. The number of methoxy groups -OCH3 is 1. The monoisotopic (exact) mass is 264 g/mol. The minimum absolute atomic E-state index is 0.279.